The van der Waals surface area contributed by atoms with E-state index in [1.54, 1.807) is 23.7 Å². The topological polar surface area (TPSA) is 67.5 Å². The average molecular weight is 416 g/mol. The van der Waals surface area contributed by atoms with E-state index in [1.807, 2.05) is 30.3 Å². The normalized spacial score (nSPS) is 11.3. The lowest BCUT2D eigenvalue weighted by Gasteiger charge is -2.02. The highest BCUT2D eigenvalue weighted by Crippen LogP contribution is 2.30. The Morgan fingerprint density at radius 2 is 1.96 bits per heavy atom. The van der Waals surface area contributed by atoms with Gasteiger partial charge >= 0.3 is 5.63 Å². The molecule has 0 aliphatic rings. The predicted molar refractivity (Wildman–Crippen MR) is 111 cm³/mol. The Morgan fingerprint density at radius 3 is 2.78 bits per heavy atom. The summed E-state index contributed by atoms with van der Waals surface area (Å²) in [4.78, 5) is 16.7. The molecule has 134 valence electrons. The number of hydrazone groups is 1. The largest absolute Gasteiger partial charge is 0.421 e. The quantitative estimate of drug-likeness (QED) is 0.265. The first-order valence-electron chi connectivity index (χ1n) is 7.83. The molecule has 0 unspecified atom stereocenters. The fourth-order valence-electron chi connectivity index (χ4n) is 2.49. The minimum absolute atomic E-state index is 0.289. The van der Waals surface area contributed by atoms with Gasteiger partial charge in [-0.2, -0.15) is 5.10 Å². The Hall–Kier alpha value is -2.67. The second-order valence-corrected chi connectivity index (χ2v) is 7.27. The smallest absolute Gasteiger partial charge is 0.345 e. The Labute approximate surface area is 167 Å². The van der Waals surface area contributed by atoms with E-state index in [1.165, 1.54) is 17.4 Å². The summed E-state index contributed by atoms with van der Waals surface area (Å²) in [5.74, 6) is 0. The van der Waals surface area contributed by atoms with Gasteiger partial charge < -0.3 is 4.42 Å². The highest BCUT2D eigenvalue weighted by atomic mass is 35.5. The summed E-state index contributed by atoms with van der Waals surface area (Å²) in [6.07, 6.45) is 1.69. The van der Waals surface area contributed by atoms with Crippen molar-refractivity contribution in [3.8, 4) is 11.3 Å². The van der Waals surface area contributed by atoms with Crippen LogP contribution in [0.5, 0.6) is 0 Å². The van der Waals surface area contributed by atoms with Gasteiger partial charge in [-0.25, -0.2) is 9.78 Å². The third-order valence-electron chi connectivity index (χ3n) is 3.71. The van der Waals surface area contributed by atoms with Gasteiger partial charge in [0.25, 0.3) is 0 Å². The zero-order valence-electron chi connectivity index (χ0n) is 13.6. The van der Waals surface area contributed by atoms with Crippen molar-refractivity contribution in [2.75, 3.05) is 5.43 Å². The van der Waals surface area contributed by atoms with Crippen molar-refractivity contribution in [2.45, 2.75) is 0 Å². The Bertz CT molecular complexity index is 1200. The van der Waals surface area contributed by atoms with Crippen molar-refractivity contribution in [1.82, 2.24) is 4.98 Å². The third-order valence-corrected chi connectivity index (χ3v) is 4.95. The first kappa shape index (κ1) is 17.7. The number of rotatable bonds is 4. The molecular weight excluding hydrogens is 405 g/mol. The summed E-state index contributed by atoms with van der Waals surface area (Å²) in [7, 11) is 0. The van der Waals surface area contributed by atoms with Gasteiger partial charge in [0.15, 0.2) is 5.58 Å². The second-order valence-electron chi connectivity index (χ2n) is 5.57. The number of thiazole rings is 1. The molecule has 0 bridgehead atoms. The van der Waals surface area contributed by atoms with Crippen LogP contribution in [0, 0.1) is 0 Å². The van der Waals surface area contributed by atoms with Crippen LogP contribution in [0.15, 0.2) is 68.2 Å². The molecule has 8 heteroatoms. The van der Waals surface area contributed by atoms with E-state index < -0.39 is 5.63 Å². The molecule has 2 heterocycles. The van der Waals surface area contributed by atoms with Crippen LogP contribution < -0.4 is 11.1 Å². The number of hydrogen-bond donors (Lipinski definition) is 1. The fraction of sp³-hybridized carbons (Fsp3) is 0. The van der Waals surface area contributed by atoms with Crippen molar-refractivity contribution in [1.29, 1.82) is 0 Å². The number of hydrogen-bond acceptors (Lipinski definition) is 6. The Kier molecular flexibility index (Phi) is 4.94. The number of nitrogens with one attached hydrogen (secondary N) is 1. The number of halogens is 2. The van der Waals surface area contributed by atoms with Crippen molar-refractivity contribution in [2.24, 2.45) is 5.10 Å². The van der Waals surface area contributed by atoms with Gasteiger partial charge in [-0.05, 0) is 23.8 Å². The predicted octanol–water partition coefficient (Wildman–Crippen LogP) is 5.67. The second kappa shape index (κ2) is 7.52. The molecule has 0 saturated heterocycles. The van der Waals surface area contributed by atoms with Crippen LogP contribution in [0.25, 0.3) is 22.2 Å². The van der Waals surface area contributed by atoms with Gasteiger partial charge in [-0.15, -0.1) is 11.3 Å². The SMILES string of the molecule is O=c1oc2c(Cl)cc(Cl)cc2cc1-c1csc(N/N=C/c2ccccc2)n1. The van der Waals surface area contributed by atoms with Crippen LogP contribution in [0.4, 0.5) is 5.13 Å². The number of anilines is 1. The Balaban J connectivity index is 1.62. The van der Waals surface area contributed by atoms with E-state index in [9.17, 15) is 4.79 Å². The molecule has 0 atom stereocenters. The van der Waals surface area contributed by atoms with Gasteiger partial charge in [0, 0.05) is 15.8 Å². The summed E-state index contributed by atoms with van der Waals surface area (Å²) in [6, 6.07) is 14.6. The van der Waals surface area contributed by atoms with Crippen LogP contribution in [-0.2, 0) is 0 Å². The summed E-state index contributed by atoms with van der Waals surface area (Å²) < 4.78 is 5.35. The van der Waals surface area contributed by atoms with Crippen LogP contribution in [0.3, 0.4) is 0 Å². The standard InChI is InChI=1S/C19H11Cl2N3O2S/c20-13-6-12-7-14(18(25)26-17(12)15(21)8-13)16-10-27-19(23-16)24-22-9-11-4-2-1-3-5-11/h1-10H,(H,23,24)/b22-9+. The average Bonchev–Trinajstić information content (AvgIpc) is 3.11. The first-order chi connectivity index (χ1) is 13.1. The van der Waals surface area contributed by atoms with Gasteiger partial charge in [-0.3, -0.25) is 5.43 Å². The number of aromatic nitrogens is 1. The number of nitrogens with zero attached hydrogens (tertiary/aromatic N) is 2. The van der Waals surface area contributed by atoms with Crippen LogP contribution in [0.1, 0.15) is 5.56 Å². The van der Waals surface area contributed by atoms with Crippen LogP contribution >= 0.6 is 34.5 Å². The summed E-state index contributed by atoms with van der Waals surface area (Å²) in [5, 5.41) is 7.84. The molecule has 0 radical (unpaired) electrons. The minimum atomic E-state index is -0.517. The number of fused-ring (bicyclic) bond motifs is 1. The molecule has 2 aromatic carbocycles. The van der Waals surface area contributed by atoms with Crippen LogP contribution in [-0.4, -0.2) is 11.2 Å². The molecule has 0 fully saturated rings. The summed E-state index contributed by atoms with van der Waals surface area (Å²) in [5.41, 5.74) is 4.43. The van der Waals surface area contributed by atoms with Crippen LogP contribution in [0.2, 0.25) is 10.0 Å². The zero-order chi connectivity index (χ0) is 18.8. The van der Waals surface area contributed by atoms with Gasteiger partial charge in [0.05, 0.1) is 22.5 Å². The molecule has 0 aliphatic carbocycles. The molecule has 5 nitrogen and oxygen atoms in total. The molecule has 0 amide bonds. The van der Waals surface area contributed by atoms with Crippen molar-refractivity contribution in [3.05, 3.63) is 79.9 Å². The van der Waals surface area contributed by atoms with E-state index in [2.05, 4.69) is 15.5 Å². The van der Waals surface area contributed by atoms with E-state index in [-0.39, 0.29) is 5.02 Å². The van der Waals surface area contributed by atoms with Crippen molar-refractivity contribution in [3.63, 3.8) is 0 Å². The van der Waals surface area contributed by atoms with E-state index >= 15 is 0 Å². The molecule has 4 rings (SSSR count). The highest BCUT2D eigenvalue weighted by Gasteiger charge is 2.13. The summed E-state index contributed by atoms with van der Waals surface area (Å²) in [6.45, 7) is 0. The maximum absolute atomic E-state index is 12.3. The van der Waals surface area contributed by atoms with E-state index in [4.69, 9.17) is 27.6 Å². The lowest BCUT2D eigenvalue weighted by Crippen LogP contribution is -2.03. The van der Waals surface area contributed by atoms with Crippen molar-refractivity contribution >= 4 is 56.9 Å². The summed E-state index contributed by atoms with van der Waals surface area (Å²) >= 11 is 13.4. The van der Waals surface area contributed by atoms with Gasteiger partial charge in [-0.1, -0.05) is 53.5 Å². The third kappa shape index (κ3) is 3.88. The van der Waals surface area contributed by atoms with Gasteiger partial charge in [0.1, 0.15) is 0 Å². The monoisotopic (exact) mass is 415 g/mol. The first-order valence-corrected chi connectivity index (χ1v) is 9.46. The highest BCUT2D eigenvalue weighted by molar-refractivity contribution is 7.14. The molecule has 1 N–H and O–H groups in total. The number of benzene rings is 2. The zero-order valence-corrected chi connectivity index (χ0v) is 16.0. The molecule has 2 aromatic heterocycles. The molecule has 0 spiro atoms. The fourth-order valence-corrected chi connectivity index (χ4v) is 3.69. The molecule has 27 heavy (non-hydrogen) atoms. The van der Waals surface area contributed by atoms with Gasteiger partial charge in [0.2, 0.25) is 5.13 Å². The lowest BCUT2D eigenvalue weighted by atomic mass is 10.1. The van der Waals surface area contributed by atoms with E-state index in [0.29, 0.717) is 32.4 Å². The lowest BCUT2D eigenvalue weighted by molar-refractivity contribution is 0.563. The van der Waals surface area contributed by atoms with Crippen molar-refractivity contribution < 1.29 is 4.42 Å². The minimum Gasteiger partial charge on any atom is -0.421 e. The molecule has 0 saturated carbocycles. The van der Waals surface area contributed by atoms with E-state index in [0.717, 1.165) is 5.56 Å². The maximum atomic E-state index is 12.3. The maximum Gasteiger partial charge on any atom is 0.345 e. The molecular formula is C19H11Cl2N3O2S. The molecule has 4 aromatic rings. The molecule has 0 aliphatic heterocycles. The Morgan fingerprint density at radius 1 is 1.15 bits per heavy atom.